The molecule has 0 atom stereocenters. The first-order valence-corrected chi connectivity index (χ1v) is 4.58. The number of ether oxygens (including phenoxy) is 1. The molecular weight excluding hydrogens is 200 g/mol. The molecule has 0 bridgehead atoms. The third-order valence-corrected chi connectivity index (χ3v) is 2.52. The number of rotatable bonds is 2. The number of nitrogens with zero attached hydrogens (tertiary/aromatic N) is 1. The van der Waals surface area contributed by atoms with E-state index >= 15 is 0 Å². The fourth-order valence-electron chi connectivity index (χ4n) is 1.59. The molecule has 0 radical (unpaired) electrons. The van der Waals surface area contributed by atoms with Crippen LogP contribution in [0.4, 0.5) is 8.78 Å². The van der Waals surface area contributed by atoms with Crippen LogP contribution in [0.15, 0.2) is 18.2 Å². The van der Waals surface area contributed by atoms with E-state index in [2.05, 4.69) is 6.07 Å². The van der Waals surface area contributed by atoms with Crippen molar-refractivity contribution in [2.45, 2.75) is 6.42 Å². The molecule has 0 aliphatic carbocycles. The molecule has 1 aromatic carbocycles. The molecule has 0 unspecified atom stereocenters. The Hall–Kier alpha value is -1.47. The molecule has 0 aromatic heterocycles. The number of halogens is 2. The van der Waals surface area contributed by atoms with Gasteiger partial charge in [0.05, 0.1) is 19.3 Å². The fourth-order valence-corrected chi connectivity index (χ4v) is 1.59. The first kappa shape index (κ1) is 10.1. The summed E-state index contributed by atoms with van der Waals surface area (Å²) in [6, 6.07) is 5.86. The molecule has 15 heavy (non-hydrogen) atoms. The first-order chi connectivity index (χ1) is 7.15. The molecule has 1 aliphatic rings. The normalized spacial score (nSPS) is 17.9. The average molecular weight is 209 g/mol. The van der Waals surface area contributed by atoms with Crippen molar-refractivity contribution < 1.29 is 13.5 Å². The predicted molar refractivity (Wildman–Crippen MR) is 48.9 cm³/mol. The lowest BCUT2D eigenvalue weighted by atomic mass is 9.81. The Kier molecular flexibility index (Phi) is 2.41. The largest absolute Gasteiger partial charge is 0.378 e. The van der Waals surface area contributed by atoms with Crippen molar-refractivity contribution in [3.8, 4) is 6.07 Å². The van der Waals surface area contributed by atoms with E-state index in [9.17, 15) is 8.78 Å². The second-order valence-corrected chi connectivity index (χ2v) is 3.81. The van der Waals surface area contributed by atoms with Crippen molar-refractivity contribution in [1.29, 1.82) is 5.26 Å². The van der Waals surface area contributed by atoms with Gasteiger partial charge in [-0.1, -0.05) is 6.07 Å². The molecule has 1 aromatic rings. The van der Waals surface area contributed by atoms with E-state index in [0.717, 1.165) is 12.1 Å². The van der Waals surface area contributed by atoms with E-state index in [1.807, 2.05) is 0 Å². The second kappa shape index (κ2) is 3.59. The summed E-state index contributed by atoms with van der Waals surface area (Å²) in [6.07, 6.45) is 0.403. The van der Waals surface area contributed by atoms with Crippen molar-refractivity contribution in [2.75, 3.05) is 13.2 Å². The molecule has 4 heteroatoms. The van der Waals surface area contributed by atoms with Gasteiger partial charge in [-0.25, -0.2) is 8.78 Å². The Morgan fingerprint density at radius 3 is 2.53 bits per heavy atom. The third kappa shape index (κ3) is 1.83. The molecule has 1 saturated heterocycles. The maximum atomic E-state index is 12.9. The topological polar surface area (TPSA) is 33.0 Å². The second-order valence-electron chi connectivity index (χ2n) is 3.81. The van der Waals surface area contributed by atoms with Crippen LogP contribution in [-0.2, 0) is 11.2 Å². The Morgan fingerprint density at radius 1 is 1.33 bits per heavy atom. The van der Waals surface area contributed by atoms with Crippen molar-refractivity contribution in [1.82, 2.24) is 0 Å². The van der Waals surface area contributed by atoms with Gasteiger partial charge in [-0.2, -0.15) is 5.26 Å². The molecule has 0 saturated carbocycles. The van der Waals surface area contributed by atoms with Crippen molar-refractivity contribution in [2.24, 2.45) is 5.41 Å². The van der Waals surface area contributed by atoms with Crippen LogP contribution in [0, 0.1) is 28.4 Å². The van der Waals surface area contributed by atoms with E-state index in [-0.39, 0.29) is 0 Å². The summed E-state index contributed by atoms with van der Waals surface area (Å²) < 4.78 is 30.5. The SMILES string of the molecule is N#CC1(Cc2ccc(F)c(F)c2)COC1. The highest BCUT2D eigenvalue weighted by atomic mass is 19.2. The summed E-state index contributed by atoms with van der Waals surface area (Å²) in [5.74, 6) is -1.74. The minimum atomic E-state index is -0.874. The van der Waals surface area contributed by atoms with Crippen LogP contribution in [0.25, 0.3) is 0 Å². The van der Waals surface area contributed by atoms with Gasteiger partial charge in [-0.05, 0) is 24.1 Å². The van der Waals surface area contributed by atoms with E-state index in [4.69, 9.17) is 10.00 Å². The number of nitriles is 1. The van der Waals surface area contributed by atoms with Gasteiger partial charge in [-0.15, -0.1) is 0 Å². The molecule has 1 aliphatic heterocycles. The van der Waals surface area contributed by atoms with Crippen molar-refractivity contribution in [3.05, 3.63) is 35.4 Å². The molecule has 2 nitrogen and oxygen atoms in total. The number of hydrogen-bond acceptors (Lipinski definition) is 2. The molecule has 1 heterocycles. The van der Waals surface area contributed by atoms with E-state index in [1.165, 1.54) is 6.07 Å². The van der Waals surface area contributed by atoms with Gasteiger partial charge in [-0.3, -0.25) is 0 Å². The highest BCUT2D eigenvalue weighted by molar-refractivity contribution is 5.22. The van der Waals surface area contributed by atoms with Crippen LogP contribution in [0.1, 0.15) is 5.56 Å². The number of benzene rings is 1. The zero-order chi connectivity index (χ0) is 10.9. The molecule has 1 fully saturated rings. The van der Waals surface area contributed by atoms with Gasteiger partial charge < -0.3 is 4.74 Å². The third-order valence-electron chi connectivity index (χ3n) is 2.52. The van der Waals surface area contributed by atoms with Crippen molar-refractivity contribution >= 4 is 0 Å². The van der Waals surface area contributed by atoms with Crippen molar-refractivity contribution in [3.63, 3.8) is 0 Å². The van der Waals surface area contributed by atoms with Crippen LogP contribution in [-0.4, -0.2) is 13.2 Å². The molecule has 2 rings (SSSR count). The van der Waals surface area contributed by atoms with Gasteiger partial charge in [0.1, 0.15) is 5.41 Å². The summed E-state index contributed by atoms with van der Waals surface area (Å²) in [7, 11) is 0. The lowest BCUT2D eigenvalue weighted by Crippen LogP contribution is -2.43. The minimum Gasteiger partial charge on any atom is -0.378 e. The monoisotopic (exact) mass is 209 g/mol. The van der Waals surface area contributed by atoms with Gasteiger partial charge in [0.25, 0.3) is 0 Å². The highest BCUT2D eigenvalue weighted by Gasteiger charge is 2.39. The molecular formula is C11H9F2NO. The predicted octanol–water partition coefficient (Wildman–Crippen LogP) is 2.05. The minimum absolute atomic E-state index is 0.364. The molecule has 0 N–H and O–H groups in total. The maximum absolute atomic E-state index is 12.9. The standard InChI is InChI=1S/C11H9F2NO/c12-9-2-1-8(3-10(9)13)4-11(5-14)6-15-7-11/h1-3H,4,6-7H2. The Labute approximate surface area is 86.1 Å². The summed E-state index contributed by atoms with van der Waals surface area (Å²) in [5, 5.41) is 8.92. The van der Waals surface area contributed by atoms with E-state index in [0.29, 0.717) is 25.2 Å². The van der Waals surface area contributed by atoms with Crippen LogP contribution in [0.5, 0.6) is 0 Å². The van der Waals surface area contributed by atoms with Gasteiger partial charge >= 0.3 is 0 Å². The van der Waals surface area contributed by atoms with Gasteiger partial charge in [0.2, 0.25) is 0 Å². The van der Waals surface area contributed by atoms with E-state index < -0.39 is 17.0 Å². The lowest BCUT2D eigenvalue weighted by Gasteiger charge is -2.35. The first-order valence-electron chi connectivity index (χ1n) is 4.58. The Bertz CT molecular complexity index is 421. The smallest absolute Gasteiger partial charge is 0.159 e. The van der Waals surface area contributed by atoms with Crippen LogP contribution in [0.2, 0.25) is 0 Å². The summed E-state index contributed by atoms with van der Waals surface area (Å²) in [5.41, 5.74) is 0.0725. The van der Waals surface area contributed by atoms with Crippen LogP contribution >= 0.6 is 0 Å². The summed E-state index contributed by atoms with van der Waals surface area (Å²) in [4.78, 5) is 0. The average Bonchev–Trinajstić information content (AvgIpc) is 2.17. The lowest BCUT2D eigenvalue weighted by molar-refractivity contribution is -0.0765. The summed E-state index contributed by atoms with van der Waals surface area (Å²) in [6.45, 7) is 0.727. The van der Waals surface area contributed by atoms with E-state index in [1.54, 1.807) is 0 Å². The molecule has 78 valence electrons. The van der Waals surface area contributed by atoms with Gasteiger partial charge in [0.15, 0.2) is 11.6 Å². The molecule has 0 amide bonds. The zero-order valence-corrected chi connectivity index (χ0v) is 7.96. The highest BCUT2D eigenvalue weighted by Crippen LogP contribution is 2.31. The Balaban J connectivity index is 2.18. The van der Waals surface area contributed by atoms with Crippen LogP contribution < -0.4 is 0 Å². The Morgan fingerprint density at radius 2 is 2.07 bits per heavy atom. The molecule has 0 spiro atoms. The fraction of sp³-hybridized carbons (Fsp3) is 0.364. The zero-order valence-electron chi connectivity index (χ0n) is 7.96. The maximum Gasteiger partial charge on any atom is 0.159 e. The van der Waals surface area contributed by atoms with Gasteiger partial charge in [0, 0.05) is 0 Å². The quantitative estimate of drug-likeness (QED) is 0.746. The summed E-state index contributed by atoms with van der Waals surface area (Å²) >= 11 is 0. The van der Waals surface area contributed by atoms with Crippen LogP contribution in [0.3, 0.4) is 0 Å². The number of hydrogen-bond donors (Lipinski definition) is 0.